The minimum absolute atomic E-state index is 0.0463. The summed E-state index contributed by atoms with van der Waals surface area (Å²) in [5.41, 5.74) is 2.69. The van der Waals surface area contributed by atoms with E-state index in [1.54, 1.807) is 17.5 Å². The molecule has 0 bridgehead atoms. The van der Waals surface area contributed by atoms with Crippen LogP contribution < -0.4 is 5.32 Å². The third kappa shape index (κ3) is 1.61. The zero-order valence-corrected chi connectivity index (χ0v) is 10.7. The van der Waals surface area contributed by atoms with Crippen LogP contribution >= 0.6 is 11.3 Å². The molecule has 4 rings (SSSR count). The molecule has 19 heavy (non-hydrogen) atoms. The van der Waals surface area contributed by atoms with Crippen LogP contribution in [0.25, 0.3) is 21.7 Å². The van der Waals surface area contributed by atoms with Gasteiger partial charge in [0.2, 0.25) is 5.88 Å². The summed E-state index contributed by atoms with van der Waals surface area (Å²) >= 11 is 1.56. The number of aromatic hydroxyl groups is 1. The van der Waals surface area contributed by atoms with Crippen LogP contribution in [-0.4, -0.2) is 20.1 Å². The first-order chi connectivity index (χ1) is 9.33. The highest BCUT2D eigenvalue weighted by Crippen LogP contribution is 2.37. The van der Waals surface area contributed by atoms with E-state index in [2.05, 4.69) is 20.3 Å². The molecule has 6 heteroatoms. The predicted octanol–water partition coefficient (Wildman–Crippen LogP) is 2.06. The summed E-state index contributed by atoms with van der Waals surface area (Å²) in [4.78, 5) is 14.2. The van der Waals surface area contributed by atoms with Crippen LogP contribution in [0.3, 0.4) is 0 Å². The maximum atomic E-state index is 10.1. The van der Waals surface area contributed by atoms with Crippen LogP contribution in [0.5, 0.6) is 5.88 Å². The molecule has 0 saturated heterocycles. The van der Waals surface area contributed by atoms with Crippen molar-refractivity contribution in [1.82, 2.24) is 20.3 Å². The standard InChI is InChI=1S/C13H10N4OS/c18-13-11-10(7-5-14-6-9(7)19-11)16-12(17-13)8-3-1-2-4-15-8/h1-4,14H,5-6H2,(H,16,17,18). The summed E-state index contributed by atoms with van der Waals surface area (Å²) < 4.78 is 0.770. The number of rotatable bonds is 1. The Morgan fingerprint density at radius 1 is 1.21 bits per heavy atom. The Labute approximate surface area is 113 Å². The molecule has 0 saturated carbocycles. The first kappa shape index (κ1) is 10.8. The fraction of sp³-hybridized carbons (Fsp3) is 0.154. The summed E-state index contributed by atoms with van der Waals surface area (Å²) in [6.07, 6.45) is 1.69. The number of aromatic nitrogens is 3. The van der Waals surface area contributed by atoms with Crippen LogP contribution in [0.1, 0.15) is 10.4 Å². The molecule has 2 N–H and O–H groups in total. The van der Waals surface area contributed by atoms with Crippen LogP contribution in [-0.2, 0) is 13.1 Å². The van der Waals surface area contributed by atoms with Crippen LogP contribution in [0, 0.1) is 0 Å². The molecule has 0 fully saturated rings. The van der Waals surface area contributed by atoms with Crippen molar-refractivity contribution in [3.63, 3.8) is 0 Å². The summed E-state index contributed by atoms with van der Waals surface area (Å²) in [5, 5.41) is 13.4. The number of hydrogen-bond donors (Lipinski definition) is 2. The Morgan fingerprint density at radius 3 is 3.00 bits per heavy atom. The minimum atomic E-state index is 0.0463. The number of nitrogens with zero attached hydrogens (tertiary/aromatic N) is 3. The highest BCUT2D eigenvalue weighted by Gasteiger charge is 2.22. The SMILES string of the molecule is Oc1nc(-c2ccccn2)nc2c3c(sc12)CNC3. The van der Waals surface area contributed by atoms with Crippen LogP contribution in [0.2, 0.25) is 0 Å². The van der Waals surface area contributed by atoms with Crippen molar-refractivity contribution in [2.24, 2.45) is 0 Å². The lowest BCUT2D eigenvalue weighted by Gasteiger charge is -2.02. The van der Waals surface area contributed by atoms with E-state index in [9.17, 15) is 5.11 Å². The summed E-state index contributed by atoms with van der Waals surface area (Å²) in [6, 6.07) is 5.56. The van der Waals surface area contributed by atoms with Gasteiger partial charge in [0, 0.05) is 29.7 Å². The number of pyridine rings is 1. The normalized spacial score (nSPS) is 13.9. The number of fused-ring (bicyclic) bond motifs is 3. The van der Waals surface area contributed by atoms with E-state index < -0.39 is 0 Å². The van der Waals surface area contributed by atoms with E-state index in [0.717, 1.165) is 23.3 Å². The van der Waals surface area contributed by atoms with Crippen LogP contribution in [0.15, 0.2) is 24.4 Å². The van der Waals surface area contributed by atoms with Gasteiger partial charge < -0.3 is 10.4 Å². The predicted molar refractivity (Wildman–Crippen MR) is 72.9 cm³/mol. The average Bonchev–Trinajstić information content (AvgIpc) is 3.01. The van der Waals surface area contributed by atoms with Crippen molar-refractivity contribution in [2.75, 3.05) is 0 Å². The molecule has 3 aromatic rings. The second kappa shape index (κ2) is 3.97. The quantitative estimate of drug-likeness (QED) is 0.708. The smallest absolute Gasteiger partial charge is 0.233 e. The van der Waals surface area contributed by atoms with Gasteiger partial charge in [0.25, 0.3) is 0 Å². The van der Waals surface area contributed by atoms with Gasteiger partial charge in [0.15, 0.2) is 5.82 Å². The fourth-order valence-corrected chi connectivity index (χ4v) is 3.40. The first-order valence-electron chi connectivity index (χ1n) is 5.96. The van der Waals surface area contributed by atoms with Gasteiger partial charge in [-0.15, -0.1) is 11.3 Å². The minimum Gasteiger partial charge on any atom is -0.492 e. The molecule has 1 aliphatic rings. The van der Waals surface area contributed by atoms with E-state index in [-0.39, 0.29) is 5.88 Å². The first-order valence-corrected chi connectivity index (χ1v) is 6.78. The van der Waals surface area contributed by atoms with Gasteiger partial charge in [-0.25, -0.2) is 4.98 Å². The Morgan fingerprint density at radius 2 is 2.16 bits per heavy atom. The monoisotopic (exact) mass is 270 g/mol. The Kier molecular flexibility index (Phi) is 2.27. The molecule has 0 amide bonds. The highest BCUT2D eigenvalue weighted by molar-refractivity contribution is 7.19. The van der Waals surface area contributed by atoms with Crippen LogP contribution in [0.4, 0.5) is 0 Å². The molecule has 0 radical (unpaired) electrons. The second-order valence-corrected chi connectivity index (χ2v) is 5.48. The summed E-state index contributed by atoms with van der Waals surface area (Å²) in [7, 11) is 0. The Balaban J connectivity index is 1.99. The molecule has 4 heterocycles. The third-order valence-electron chi connectivity index (χ3n) is 3.18. The zero-order valence-electron chi connectivity index (χ0n) is 9.92. The molecule has 3 aromatic heterocycles. The van der Waals surface area contributed by atoms with E-state index in [1.807, 2.05) is 18.2 Å². The average molecular weight is 270 g/mol. The molecule has 5 nitrogen and oxygen atoms in total. The molecule has 0 aliphatic carbocycles. The number of hydrogen-bond acceptors (Lipinski definition) is 6. The molecule has 0 spiro atoms. The maximum absolute atomic E-state index is 10.1. The van der Waals surface area contributed by atoms with E-state index >= 15 is 0 Å². The lowest BCUT2D eigenvalue weighted by molar-refractivity contribution is 0.461. The number of thiophene rings is 1. The van der Waals surface area contributed by atoms with Crippen molar-refractivity contribution in [2.45, 2.75) is 13.1 Å². The lowest BCUT2D eigenvalue weighted by atomic mass is 10.2. The topological polar surface area (TPSA) is 70.9 Å². The van der Waals surface area contributed by atoms with E-state index in [4.69, 9.17) is 0 Å². The van der Waals surface area contributed by atoms with Gasteiger partial charge in [0.05, 0.1) is 5.52 Å². The van der Waals surface area contributed by atoms with Crippen molar-refractivity contribution in [3.05, 3.63) is 34.8 Å². The highest BCUT2D eigenvalue weighted by atomic mass is 32.1. The van der Waals surface area contributed by atoms with Gasteiger partial charge in [-0.2, -0.15) is 4.98 Å². The van der Waals surface area contributed by atoms with Gasteiger partial charge in [0.1, 0.15) is 10.4 Å². The second-order valence-electron chi connectivity index (χ2n) is 4.37. The lowest BCUT2D eigenvalue weighted by Crippen LogP contribution is -2.01. The van der Waals surface area contributed by atoms with Crippen molar-refractivity contribution in [3.8, 4) is 17.4 Å². The fourth-order valence-electron chi connectivity index (χ4n) is 2.29. The van der Waals surface area contributed by atoms with Gasteiger partial charge in [-0.05, 0) is 12.1 Å². The molecular weight excluding hydrogens is 260 g/mol. The van der Waals surface area contributed by atoms with Crippen molar-refractivity contribution >= 4 is 21.6 Å². The molecule has 94 valence electrons. The molecule has 0 unspecified atom stereocenters. The van der Waals surface area contributed by atoms with Gasteiger partial charge in [-0.3, -0.25) is 4.98 Å². The van der Waals surface area contributed by atoms with Crippen molar-refractivity contribution in [1.29, 1.82) is 0 Å². The molecular formula is C13H10N4OS. The zero-order chi connectivity index (χ0) is 12.8. The van der Waals surface area contributed by atoms with E-state index in [1.165, 1.54) is 10.4 Å². The summed E-state index contributed by atoms with van der Waals surface area (Å²) in [6.45, 7) is 1.64. The molecule has 0 aromatic carbocycles. The van der Waals surface area contributed by atoms with Crippen molar-refractivity contribution < 1.29 is 5.11 Å². The summed E-state index contributed by atoms with van der Waals surface area (Å²) in [5.74, 6) is 0.517. The number of nitrogens with one attached hydrogen (secondary N) is 1. The molecule has 0 atom stereocenters. The Bertz CT molecular complexity index is 769. The Hall–Kier alpha value is -2.05. The molecule has 1 aliphatic heterocycles. The van der Waals surface area contributed by atoms with Gasteiger partial charge >= 0.3 is 0 Å². The third-order valence-corrected chi connectivity index (χ3v) is 4.39. The maximum Gasteiger partial charge on any atom is 0.233 e. The van der Waals surface area contributed by atoms with Gasteiger partial charge in [-0.1, -0.05) is 6.07 Å². The largest absolute Gasteiger partial charge is 0.492 e. The van der Waals surface area contributed by atoms with E-state index in [0.29, 0.717) is 11.5 Å².